The van der Waals surface area contributed by atoms with Gasteiger partial charge in [-0.25, -0.2) is 0 Å². The number of hydrogen-bond donors (Lipinski definition) is 1. The monoisotopic (exact) mass is 308 g/mol. The first-order valence-electron chi connectivity index (χ1n) is 7.94. The van der Waals surface area contributed by atoms with E-state index >= 15 is 0 Å². The van der Waals surface area contributed by atoms with Crippen LogP contribution in [0.5, 0.6) is 0 Å². The largest absolute Gasteiger partial charge is 0.355 e. The number of nitrogens with one attached hydrogen (secondary N) is 1. The molecule has 0 aliphatic rings. The number of carbonyl (C=O) groups excluding carboxylic acids is 1. The van der Waals surface area contributed by atoms with E-state index in [-0.39, 0.29) is 11.9 Å². The van der Waals surface area contributed by atoms with Gasteiger partial charge in [0.05, 0.1) is 0 Å². The number of carbonyl (C=O) groups is 1. The third-order valence-corrected chi connectivity index (χ3v) is 3.88. The number of fused-ring (bicyclic) bond motifs is 1. The van der Waals surface area contributed by atoms with Crippen molar-refractivity contribution in [3.05, 3.63) is 54.2 Å². The maximum Gasteiger partial charge on any atom is 0.273 e. The molecule has 3 aromatic rings. The first-order valence-corrected chi connectivity index (χ1v) is 7.94. The molecule has 23 heavy (non-hydrogen) atoms. The highest BCUT2D eigenvalue weighted by Gasteiger charge is 2.15. The van der Waals surface area contributed by atoms with Crippen molar-refractivity contribution in [3.8, 4) is 11.3 Å². The van der Waals surface area contributed by atoms with E-state index in [1.54, 1.807) is 6.07 Å². The summed E-state index contributed by atoms with van der Waals surface area (Å²) >= 11 is 0. The summed E-state index contributed by atoms with van der Waals surface area (Å²) in [6.07, 6.45) is 1.98. The third kappa shape index (κ3) is 3.42. The Bertz CT molecular complexity index is 823. The highest BCUT2D eigenvalue weighted by molar-refractivity contribution is 5.93. The van der Waals surface area contributed by atoms with Gasteiger partial charge in [-0.3, -0.25) is 4.79 Å². The number of rotatable bonds is 5. The molecule has 0 spiro atoms. The molecule has 0 fully saturated rings. The molecule has 1 atom stereocenters. The van der Waals surface area contributed by atoms with E-state index in [1.165, 1.54) is 5.39 Å². The first kappa shape index (κ1) is 15.3. The first-order chi connectivity index (χ1) is 11.2. The zero-order valence-electron chi connectivity index (χ0n) is 13.4. The number of aromatic nitrogens is 1. The molecule has 1 aromatic heterocycles. The Balaban J connectivity index is 1.81. The predicted molar refractivity (Wildman–Crippen MR) is 91.3 cm³/mol. The molecule has 118 valence electrons. The van der Waals surface area contributed by atoms with Gasteiger partial charge in [0.1, 0.15) is 0 Å². The number of benzene rings is 2. The van der Waals surface area contributed by atoms with E-state index in [0.717, 1.165) is 23.8 Å². The normalized spacial score (nSPS) is 12.3. The molecule has 0 bridgehead atoms. The minimum absolute atomic E-state index is 0.133. The van der Waals surface area contributed by atoms with Gasteiger partial charge in [0.25, 0.3) is 5.91 Å². The van der Waals surface area contributed by atoms with Crippen LogP contribution in [-0.2, 0) is 0 Å². The Kier molecular flexibility index (Phi) is 4.42. The van der Waals surface area contributed by atoms with Crippen LogP contribution in [0.4, 0.5) is 0 Å². The zero-order valence-corrected chi connectivity index (χ0v) is 13.4. The summed E-state index contributed by atoms with van der Waals surface area (Å²) < 4.78 is 5.35. The van der Waals surface area contributed by atoms with Crippen LogP contribution in [0.2, 0.25) is 0 Å². The summed E-state index contributed by atoms with van der Waals surface area (Å²) in [5.74, 6) is 0.408. The smallest absolute Gasteiger partial charge is 0.273 e. The van der Waals surface area contributed by atoms with Gasteiger partial charge < -0.3 is 9.84 Å². The zero-order chi connectivity index (χ0) is 16.2. The minimum atomic E-state index is -0.193. The molecule has 0 aliphatic heterocycles. The number of nitrogens with zero attached hydrogens (tertiary/aromatic N) is 1. The fourth-order valence-corrected chi connectivity index (χ4v) is 2.66. The second-order valence-corrected chi connectivity index (χ2v) is 5.80. The molecule has 0 saturated heterocycles. The van der Waals surface area contributed by atoms with Gasteiger partial charge in [0.15, 0.2) is 11.5 Å². The van der Waals surface area contributed by atoms with Gasteiger partial charge in [0.2, 0.25) is 0 Å². The molecule has 0 aliphatic carbocycles. The van der Waals surface area contributed by atoms with E-state index in [9.17, 15) is 4.79 Å². The number of hydrogen-bond acceptors (Lipinski definition) is 3. The highest BCUT2D eigenvalue weighted by Crippen LogP contribution is 2.25. The maximum atomic E-state index is 12.2. The Morgan fingerprint density at radius 3 is 2.74 bits per heavy atom. The molecule has 4 heteroatoms. The van der Waals surface area contributed by atoms with Crippen LogP contribution in [0.3, 0.4) is 0 Å². The second-order valence-electron chi connectivity index (χ2n) is 5.80. The van der Waals surface area contributed by atoms with Crippen molar-refractivity contribution in [1.82, 2.24) is 10.5 Å². The van der Waals surface area contributed by atoms with Gasteiger partial charge in [0, 0.05) is 17.7 Å². The lowest BCUT2D eigenvalue weighted by Crippen LogP contribution is -2.32. The lowest BCUT2D eigenvalue weighted by atomic mass is 10.1. The lowest BCUT2D eigenvalue weighted by Gasteiger charge is -2.10. The minimum Gasteiger partial charge on any atom is -0.355 e. The quantitative estimate of drug-likeness (QED) is 0.759. The van der Waals surface area contributed by atoms with Gasteiger partial charge in [-0.2, -0.15) is 0 Å². The average molecular weight is 308 g/mol. The summed E-state index contributed by atoms with van der Waals surface area (Å²) in [6.45, 7) is 4.09. The maximum absolute atomic E-state index is 12.2. The van der Waals surface area contributed by atoms with Crippen LogP contribution >= 0.6 is 0 Å². The van der Waals surface area contributed by atoms with Crippen LogP contribution in [0, 0.1) is 0 Å². The van der Waals surface area contributed by atoms with Crippen LogP contribution < -0.4 is 5.32 Å². The Labute approximate surface area is 135 Å². The molecule has 3 rings (SSSR count). The van der Waals surface area contributed by atoms with Gasteiger partial charge >= 0.3 is 0 Å². The van der Waals surface area contributed by atoms with E-state index in [4.69, 9.17) is 4.52 Å². The van der Waals surface area contributed by atoms with Crippen LogP contribution in [0.25, 0.3) is 22.1 Å². The Morgan fingerprint density at radius 1 is 1.17 bits per heavy atom. The van der Waals surface area contributed by atoms with E-state index in [1.807, 2.05) is 37.3 Å². The summed E-state index contributed by atoms with van der Waals surface area (Å²) in [5.41, 5.74) is 1.23. The van der Waals surface area contributed by atoms with Crippen LogP contribution in [0.1, 0.15) is 37.2 Å². The molecule has 2 aromatic carbocycles. The Hall–Kier alpha value is -2.62. The molecule has 1 heterocycles. The summed E-state index contributed by atoms with van der Waals surface area (Å²) in [4.78, 5) is 12.2. The molecular formula is C19H20N2O2. The average Bonchev–Trinajstić information content (AvgIpc) is 3.04. The van der Waals surface area contributed by atoms with Crippen molar-refractivity contribution in [2.45, 2.75) is 32.7 Å². The molecule has 4 nitrogen and oxygen atoms in total. The molecular weight excluding hydrogens is 288 g/mol. The summed E-state index contributed by atoms with van der Waals surface area (Å²) in [7, 11) is 0. The second kappa shape index (κ2) is 6.65. The van der Waals surface area contributed by atoms with Crippen molar-refractivity contribution in [2.24, 2.45) is 0 Å². The van der Waals surface area contributed by atoms with E-state index in [0.29, 0.717) is 11.5 Å². The topological polar surface area (TPSA) is 55.1 Å². The fourth-order valence-electron chi connectivity index (χ4n) is 2.66. The fraction of sp³-hybridized carbons (Fsp3) is 0.263. The molecule has 1 amide bonds. The van der Waals surface area contributed by atoms with Gasteiger partial charge in [-0.1, -0.05) is 54.9 Å². The predicted octanol–water partition coefficient (Wildman–Crippen LogP) is 4.41. The van der Waals surface area contributed by atoms with Crippen molar-refractivity contribution in [3.63, 3.8) is 0 Å². The highest BCUT2D eigenvalue weighted by atomic mass is 16.5. The van der Waals surface area contributed by atoms with E-state index < -0.39 is 0 Å². The van der Waals surface area contributed by atoms with Gasteiger partial charge in [-0.05, 0) is 30.2 Å². The summed E-state index contributed by atoms with van der Waals surface area (Å²) in [6, 6.07) is 16.0. The van der Waals surface area contributed by atoms with Crippen LogP contribution in [-0.4, -0.2) is 17.1 Å². The van der Waals surface area contributed by atoms with Crippen molar-refractivity contribution < 1.29 is 9.32 Å². The van der Waals surface area contributed by atoms with Gasteiger partial charge in [-0.15, -0.1) is 0 Å². The van der Waals surface area contributed by atoms with Crippen molar-refractivity contribution in [2.75, 3.05) is 0 Å². The van der Waals surface area contributed by atoms with E-state index in [2.05, 4.69) is 29.5 Å². The van der Waals surface area contributed by atoms with Crippen LogP contribution in [0.15, 0.2) is 53.1 Å². The Morgan fingerprint density at radius 2 is 1.96 bits per heavy atom. The molecule has 0 unspecified atom stereocenters. The standard InChI is InChI=1S/C19H20N2O2/c1-3-6-13(2)20-19(22)17-12-18(23-21-17)16-10-9-14-7-4-5-8-15(14)11-16/h4-5,7-13H,3,6H2,1-2H3,(H,20,22)/t13-/m1/s1. The molecule has 1 N–H and O–H groups in total. The summed E-state index contributed by atoms with van der Waals surface area (Å²) in [5, 5.41) is 9.13. The molecule has 0 saturated carbocycles. The molecule has 0 radical (unpaired) electrons. The third-order valence-electron chi connectivity index (χ3n) is 3.88. The SMILES string of the molecule is CCC[C@@H](C)NC(=O)c1cc(-c2ccc3ccccc3c2)on1. The van der Waals surface area contributed by atoms with Crippen molar-refractivity contribution in [1.29, 1.82) is 0 Å². The van der Waals surface area contributed by atoms with Crippen molar-refractivity contribution >= 4 is 16.7 Å². The number of amides is 1. The lowest BCUT2D eigenvalue weighted by molar-refractivity contribution is 0.0929.